The molecule has 1 spiro atoms. The molecule has 1 aromatic heterocycles. The SMILES string of the molecule is CN1CC[C@@]2(CN(C(=O)c3cc(C4CC4)on3)CC(F)(F)C2)C1=O. The van der Waals surface area contributed by atoms with Crippen molar-refractivity contribution >= 4 is 11.8 Å². The van der Waals surface area contributed by atoms with Gasteiger partial charge in [-0.1, -0.05) is 5.16 Å². The molecule has 0 bridgehead atoms. The fourth-order valence-electron chi connectivity index (χ4n) is 3.87. The van der Waals surface area contributed by atoms with Crippen molar-refractivity contribution in [2.75, 3.05) is 26.7 Å². The van der Waals surface area contributed by atoms with Crippen molar-refractivity contribution in [2.45, 2.75) is 37.5 Å². The van der Waals surface area contributed by atoms with Crippen LogP contribution in [0.1, 0.15) is 47.8 Å². The van der Waals surface area contributed by atoms with Crippen LogP contribution in [0.15, 0.2) is 10.6 Å². The first-order valence-electron chi connectivity index (χ1n) is 8.19. The van der Waals surface area contributed by atoms with Crippen molar-refractivity contribution < 1.29 is 22.9 Å². The first-order valence-corrected chi connectivity index (χ1v) is 8.19. The molecule has 24 heavy (non-hydrogen) atoms. The molecule has 3 heterocycles. The molecule has 130 valence electrons. The number of halogens is 2. The Balaban J connectivity index is 1.59. The van der Waals surface area contributed by atoms with E-state index in [0.29, 0.717) is 24.6 Å². The van der Waals surface area contributed by atoms with Crippen LogP contribution in [0.2, 0.25) is 0 Å². The molecule has 2 aliphatic heterocycles. The van der Waals surface area contributed by atoms with Crippen molar-refractivity contribution in [3.63, 3.8) is 0 Å². The number of alkyl halides is 2. The highest BCUT2D eigenvalue weighted by Crippen LogP contribution is 2.46. The van der Waals surface area contributed by atoms with Crippen molar-refractivity contribution in [3.05, 3.63) is 17.5 Å². The number of carbonyl (C=O) groups excluding carboxylic acids is 2. The molecule has 1 saturated carbocycles. The molecule has 0 radical (unpaired) electrons. The zero-order valence-corrected chi connectivity index (χ0v) is 13.4. The minimum atomic E-state index is -3.09. The molecule has 0 aromatic carbocycles. The fraction of sp³-hybridized carbons (Fsp3) is 0.688. The monoisotopic (exact) mass is 339 g/mol. The zero-order chi connectivity index (χ0) is 17.1. The summed E-state index contributed by atoms with van der Waals surface area (Å²) >= 11 is 0. The Labute approximate surface area is 137 Å². The molecule has 3 aliphatic rings. The van der Waals surface area contributed by atoms with Crippen LogP contribution in [0.4, 0.5) is 8.78 Å². The highest BCUT2D eigenvalue weighted by atomic mass is 19.3. The van der Waals surface area contributed by atoms with Crippen LogP contribution >= 0.6 is 0 Å². The second-order valence-corrected chi connectivity index (χ2v) is 7.34. The van der Waals surface area contributed by atoms with E-state index in [1.807, 2.05) is 0 Å². The van der Waals surface area contributed by atoms with Gasteiger partial charge in [0.1, 0.15) is 5.76 Å². The third kappa shape index (κ3) is 2.48. The van der Waals surface area contributed by atoms with Crippen LogP contribution in [0, 0.1) is 5.41 Å². The van der Waals surface area contributed by atoms with Gasteiger partial charge in [-0.15, -0.1) is 0 Å². The quantitative estimate of drug-likeness (QED) is 0.825. The third-order valence-electron chi connectivity index (χ3n) is 5.25. The predicted molar refractivity (Wildman–Crippen MR) is 78.6 cm³/mol. The van der Waals surface area contributed by atoms with Gasteiger partial charge in [0.15, 0.2) is 5.69 Å². The molecule has 2 amide bonds. The standard InChI is InChI=1S/C16H19F2N3O3/c1-20-5-4-15(14(20)23)7-16(17,18)9-21(8-15)13(22)11-6-12(24-19-11)10-2-3-10/h6,10H,2-5,7-9H2,1H3/t15-/m1/s1. The van der Waals surface area contributed by atoms with E-state index in [1.165, 1.54) is 4.90 Å². The Hall–Kier alpha value is -1.99. The van der Waals surface area contributed by atoms with Gasteiger partial charge in [-0.25, -0.2) is 8.78 Å². The molecule has 0 unspecified atom stereocenters. The molecule has 8 heteroatoms. The zero-order valence-electron chi connectivity index (χ0n) is 13.4. The fourth-order valence-corrected chi connectivity index (χ4v) is 3.87. The molecule has 1 aromatic rings. The summed E-state index contributed by atoms with van der Waals surface area (Å²) in [5.41, 5.74) is -1.14. The Morgan fingerprint density at radius 2 is 2.12 bits per heavy atom. The minimum absolute atomic E-state index is 0.0101. The lowest BCUT2D eigenvalue weighted by Gasteiger charge is -2.42. The van der Waals surface area contributed by atoms with Crippen LogP contribution in [0.5, 0.6) is 0 Å². The van der Waals surface area contributed by atoms with Crippen LogP contribution < -0.4 is 0 Å². The van der Waals surface area contributed by atoms with Gasteiger partial charge in [0.2, 0.25) is 5.91 Å². The molecular weight excluding hydrogens is 320 g/mol. The van der Waals surface area contributed by atoms with E-state index in [1.54, 1.807) is 13.1 Å². The topological polar surface area (TPSA) is 66.7 Å². The molecule has 0 N–H and O–H groups in total. The summed E-state index contributed by atoms with van der Waals surface area (Å²) in [7, 11) is 1.61. The van der Waals surface area contributed by atoms with Gasteiger partial charge < -0.3 is 14.3 Å². The first-order chi connectivity index (χ1) is 11.3. The van der Waals surface area contributed by atoms with Gasteiger partial charge in [-0.2, -0.15) is 0 Å². The van der Waals surface area contributed by atoms with E-state index >= 15 is 0 Å². The van der Waals surface area contributed by atoms with E-state index in [2.05, 4.69) is 5.16 Å². The molecule has 3 fully saturated rings. The van der Waals surface area contributed by atoms with Gasteiger partial charge in [0.25, 0.3) is 11.8 Å². The van der Waals surface area contributed by atoms with E-state index < -0.39 is 30.2 Å². The predicted octanol–water partition coefficient (Wildman–Crippen LogP) is 1.88. The summed E-state index contributed by atoms with van der Waals surface area (Å²) in [5, 5.41) is 3.74. The summed E-state index contributed by atoms with van der Waals surface area (Å²) in [6, 6.07) is 1.54. The number of carbonyl (C=O) groups is 2. The maximum Gasteiger partial charge on any atom is 0.276 e. The average molecular weight is 339 g/mol. The van der Waals surface area contributed by atoms with Crippen LogP contribution in [-0.4, -0.2) is 59.4 Å². The number of likely N-dealkylation sites (tertiary alicyclic amines) is 2. The molecule has 2 saturated heterocycles. The Bertz CT molecular complexity index is 700. The lowest BCUT2D eigenvalue weighted by atomic mass is 9.77. The van der Waals surface area contributed by atoms with Gasteiger partial charge in [0, 0.05) is 38.5 Å². The molecule has 6 nitrogen and oxygen atoms in total. The summed E-state index contributed by atoms with van der Waals surface area (Å²) in [6.07, 6.45) is 1.83. The Morgan fingerprint density at radius 3 is 2.75 bits per heavy atom. The normalized spacial score (nSPS) is 29.5. The van der Waals surface area contributed by atoms with Gasteiger partial charge in [0.05, 0.1) is 12.0 Å². The minimum Gasteiger partial charge on any atom is -0.360 e. The summed E-state index contributed by atoms with van der Waals surface area (Å²) in [5.74, 6) is -3.06. The summed E-state index contributed by atoms with van der Waals surface area (Å²) in [6.45, 7) is -0.237. The maximum atomic E-state index is 14.3. The van der Waals surface area contributed by atoms with Gasteiger partial charge in [-0.3, -0.25) is 9.59 Å². The second kappa shape index (κ2) is 5.00. The summed E-state index contributed by atoms with van der Waals surface area (Å²) in [4.78, 5) is 27.5. The molecule has 4 rings (SSSR count). The van der Waals surface area contributed by atoms with Gasteiger partial charge >= 0.3 is 0 Å². The first kappa shape index (κ1) is 15.5. The number of nitrogens with zero attached hydrogens (tertiary/aromatic N) is 3. The van der Waals surface area contributed by atoms with Crippen molar-refractivity contribution in [1.82, 2.24) is 15.0 Å². The van der Waals surface area contributed by atoms with E-state index in [0.717, 1.165) is 17.7 Å². The number of amides is 2. The largest absolute Gasteiger partial charge is 0.360 e. The molecular formula is C16H19F2N3O3. The van der Waals surface area contributed by atoms with Crippen LogP contribution in [0.3, 0.4) is 0 Å². The van der Waals surface area contributed by atoms with E-state index in [9.17, 15) is 18.4 Å². The summed E-state index contributed by atoms with van der Waals surface area (Å²) < 4.78 is 33.7. The van der Waals surface area contributed by atoms with Crippen LogP contribution in [0.25, 0.3) is 0 Å². The smallest absolute Gasteiger partial charge is 0.276 e. The number of aromatic nitrogens is 1. The second-order valence-electron chi connectivity index (χ2n) is 7.34. The Morgan fingerprint density at radius 1 is 1.38 bits per heavy atom. The molecule has 1 aliphatic carbocycles. The van der Waals surface area contributed by atoms with Gasteiger partial charge in [-0.05, 0) is 19.3 Å². The van der Waals surface area contributed by atoms with Crippen molar-refractivity contribution in [3.8, 4) is 0 Å². The number of piperidine rings is 1. The lowest BCUT2D eigenvalue weighted by molar-refractivity contribution is -0.150. The maximum absolute atomic E-state index is 14.3. The number of rotatable bonds is 2. The Kier molecular flexibility index (Phi) is 3.24. The van der Waals surface area contributed by atoms with Crippen molar-refractivity contribution in [2.24, 2.45) is 5.41 Å². The van der Waals surface area contributed by atoms with Crippen molar-refractivity contribution in [1.29, 1.82) is 0 Å². The lowest BCUT2D eigenvalue weighted by Crippen LogP contribution is -2.57. The van der Waals surface area contributed by atoms with E-state index in [-0.39, 0.29) is 18.1 Å². The van der Waals surface area contributed by atoms with E-state index in [4.69, 9.17) is 4.52 Å². The number of hydrogen-bond acceptors (Lipinski definition) is 4. The van der Waals surface area contributed by atoms with Crippen LogP contribution in [-0.2, 0) is 4.79 Å². The highest BCUT2D eigenvalue weighted by molar-refractivity contribution is 5.93. The highest BCUT2D eigenvalue weighted by Gasteiger charge is 2.57. The average Bonchev–Trinajstić information content (AvgIpc) is 3.20. The number of hydrogen-bond donors (Lipinski definition) is 0. The molecule has 1 atom stereocenters. The third-order valence-corrected chi connectivity index (χ3v) is 5.25.